The molecule has 5 heteroatoms. The second-order valence-electron chi connectivity index (χ2n) is 6.17. The Kier molecular flexibility index (Phi) is 5.37. The minimum atomic E-state index is -0.212. The monoisotopic (exact) mass is 322 g/mol. The van der Waals surface area contributed by atoms with Crippen LogP contribution < -0.4 is 5.32 Å². The van der Waals surface area contributed by atoms with Crippen molar-refractivity contribution in [3.8, 4) is 0 Å². The maximum atomic E-state index is 12.9. The standard InChI is InChI=1S/C17H23FN2OS/c18-14-3-1-13(2-4-14)5-8-20-12-16(11-17(20)21)19-15-6-9-22-10-7-15/h1-4,15-16,19H,5-12H2. The van der Waals surface area contributed by atoms with Crippen molar-refractivity contribution in [3.05, 3.63) is 35.6 Å². The summed E-state index contributed by atoms with van der Waals surface area (Å²) in [4.78, 5) is 14.1. The van der Waals surface area contributed by atoms with Gasteiger partial charge in [-0.1, -0.05) is 12.1 Å². The van der Waals surface area contributed by atoms with Gasteiger partial charge in [0, 0.05) is 31.6 Å². The van der Waals surface area contributed by atoms with Gasteiger partial charge in [-0.05, 0) is 48.5 Å². The average molecular weight is 322 g/mol. The summed E-state index contributed by atoms with van der Waals surface area (Å²) in [6, 6.07) is 7.43. The SMILES string of the molecule is O=C1CC(NC2CCSCC2)CN1CCc1ccc(F)cc1. The van der Waals surface area contributed by atoms with Crippen LogP contribution in [0.2, 0.25) is 0 Å². The van der Waals surface area contributed by atoms with Crippen LogP contribution in [-0.4, -0.2) is 47.5 Å². The molecular weight excluding hydrogens is 299 g/mol. The van der Waals surface area contributed by atoms with Gasteiger partial charge in [0.05, 0.1) is 0 Å². The molecule has 0 spiro atoms. The molecule has 0 radical (unpaired) electrons. The Morgan fingerprint density at radius 2 is 1.91 bits per heavy atom. The number of nitrogens with zero attached hydrogens (tertiary/aromatic N) is 1. The first-order valence-electron chi connectivity index (χ1n) is 8.07. The van der Waals surface area contributed by atoms with Gasteiger partial charge in [-0.3, -0.25) is 4.79 Å². The van der Waals surface area contributed by atoms with E-state index in [4.69, 9.17) is 0 Å². The summed E-state index contributed by atoms with van der Waals surface area (Å²) in [6.07, 6.45) is 3.84. The molecule has 1 aromatic carbocycles. The van der Waals surface area contributed by atoms with Gasteiger partial charge in [0.1, 0.15) is 5.82 Å². The summed E-state index contributed by atoms with van der Waals surface area (Å²) in [7, 11) is 0. The fourth-order valence-corrected chi connectivity index (χ4v) is 4.32. The number of amides is 1. The molecule has 1 aromatic rings. The van der Waals surface area contributed by atoms with Gasteiger partial charge in [0.15, 0.2) is 0 Å². The molecule has 0 bridgehead atoms. The second kappa shape index (κ2) is 7.47. The molecule has 0 aliphatic carbocycles. The zero-order chi connectivity index (χ0) is 15.4. The molecule has 2 aliphatic rings. The zero-order valence-corrected chi connectivity index (χ0v) is 13.6. The first-order chi connectivity index (χ1) is 10.7. The summed E-state index contributed by atoms with van der Waals surface area (Å²) in [5.74, 6) is 2.49. The van der Waals surface area contributed by atoms with Gasteiger partial charge in [0.2, 0.25) is 5.91 Å². The Hall–Kier alpha value is -1.07. The lowest BCUT2D eigenvalue weighted by molar-refractivity contribution is -0.127. The highest BCUT2D eigenvalue weighted by atomic mass is 32.2. The maximum absolute atomic E-state index is 12.9. The van der Waals surface area contributed by atoms with Crippen molar-refractivity contribution in [1.29, 1.82) is 0 Å². The van der Waals surface area contributed by atoms with Gasteiger partial charge in [-0.15, -0.1) is 0 Å². The van der Waals surface area contributed by atoms with Crippen molar-refractivity contribution in [2.75, 3.05) is 24.6 Å². The normalized spacial score (nSPS) is 23.2. The fourth-order valence-electron chi connectivity index (χ4n) is 3.21. The highest BCUT2D eigenvalue weighted by Gasteiger charge is 2.30. The van der Waals surface area contributed by atoms with E-state index in [1.807, 2.05) is 16.7 Å². The van der Waals surface area contributed by atoms with Crippen molar-refractivity contribution in [2.45, 2.75) is 37.8 Å². The van der Waals surface area contributed by atoms with Crippen LogP contribution in [0.4, 0.5) is 4.39 Å². The van der Waals surface area contributed by atoms with Gasteiger partial charge < -0.3 is 10.2 Å². The van der Waals surface area contributed by atoms with E-state index in [2.05, 4.69) is 5.32 Å². The van der Waals surface area contributed by atoms with Crippen LogP contribution in [0.15, 0.2) is 24.3 Å². The molecule has 3 nitrogen and oxygen atoms in total. The lowest BCUT2D eigenvalue weighted by Gasteiger charge is -2.26. The topological polar surface area (TPSA) is 32.3 Å². The van der Waals surface area contributed by atoms with Crippen LogP contribution in [0.5, 0.6) is 0 Å². The van der Waals surface area contributed by atoms with Crippen LogP contribution >= 0.6 is 11.8 Å². The van der Waals surface area contributed by atoms with Crippen LogP contribution in [-0.2, 0) is 11.2 Å². The first kappa shape index (κ1) is 15.8. The average Bonchev–Trinajstić information content (AvgIpc) is 2.87. The minimum absolute atomic E-state index is 0.212. The number of hydrogen-bond acceptors (Lipinski definition) is 3. The van der Waals surface area contributed by atoms with E-state index >= 15 is 0 Å². The molecular formula is C17H23FN2OS. The molecule has 1 N–H and O–H groups in total. The lowest BCUT2D eigenvalue weighted by atomic mass is 10.1. The number of hydrogen-bond donors (Lipinski definition) is 1. The van der Waals surface area contributed by atoms with E-state index in [9.17, 15) is 9.18 Å². The van der Waals surface area contributed by atoms with Crippen LogP contribution in [0.1, 0.15) is 24.8 Å². The van der Waals surface area contributed by atoms with Crippen molar-refractivity contribution in [3.63, 3.8) is 0 Å². The van der Waals surface area contributed by atoms with Crippen molar-refractivity contribution in [1.82, 2.24) is 10.2 Å². The molecule has 22 heavy (non-hydrogen) atoms. The first-order valence-corrected chi connectivity index (χ1v) is 9.22. The van der Waals surface area contributed by atoms with E-state index in [1.165, 1.54) is 36.5 Å². The molecule has 1 amide bonds. The van der Waals surface area contributed by atoms with Crippen molar-refractivity contribution >= 4 is 17.7 Å². The second-order valence-corrected chi connectivity index (χ2v) is 7.40. The minimum Gasteiger partial charge on any atom is -0.341 e. The number of halogens is 1. The summed E-state index contributed by atoms with van der Waals surface area (Å²) in [5.41, 5.74) is 1.08. The summed E-state index contributed by atoms with van der Waals surface area (Å²) in [6.45, 7) is 1.53. The quantitative estimate of drug-likeness (QED) is 0.904. The van der Waals surface area contributed by atoms with E-state index in [-0.39, 0.29) is 11.7 Å². The molecule has 3 rings (SSSR count). The zero-order valence-electron chi connectivity index (χ0n) is 12.8. The van der Waals surface area contributed by atoms with Crippen molar-refractivity contribution < 1.29 is 9.18 Å². The Labute approximate surface area is 135 Å². The van der Waals surface area contributed by atoms with Crippen LogP contribution in [0, 0.1) is 5.82 Å². The van der Waals surface area contributed by atoms with Gasteiger partial charge in [0.25, 0.3) is 0 Å². The smallest absolute Gasteiger partial charge is 0.224 e. The van der Waals surface area contributed by atoms with E-state index < -0.39 is 0 Å². The molecule has 120 valence electrons. The lowest BCUT2D eigenvalue weighted by Crippen LogP contribution is -2.42. The van der Waals surface area contributed by atoms with Crippen LogP contribution in [0.25, 0.3) is 0 Å². The maximum Gasteiger partial charge on any atom is 0.224 e. The van der Waals surface area contributed by atoms with E-state index in [0.717, 1.165) is 25.1 Å². The molecule has 1 unspecified atom stereocenters. The molecule has 2 heterocycles. The number of rotatable bonds is 5. The molecule has 0 saturated carbocycles. The molecule has 2 aliphatic heterocycles. The molecule has 0 aromatic heterocycles. The Morgan fingerprint density at radius 3 is 2.64 bits per heavy atom. The number of nitrogens with one attached hydrogen (secondary N) is 1. The number of carbonyl (C=O) groups is 1. The third-order valence-corrected chi connectivity index (χ3v) is 5.54. The Bertz CT molecular complexity index is 502. The van der Waals surface area contributed by atoms with Gasteiger partial charge in [-0.25, -0.2) is 4.39 Å². The largest absolute Gasteiger partial charge is 0.341 e. The fraction of sp³-hybridized carbons (Fsp3) is 0.588. The van der Waals surface area contributed by atoms with Crippen molar-refractivity contribution in [2.24, 2.45) is 0 Å². The Balaban J connectivity index is 1.46. The molecule has 2 fully saturated rings. The van der Waals surface area contributed by atoms with Gasteiger partial charge in [-0.2, -0.15) is 11.8 Å². The highest BCUT2D eigenvalue weighted by molar-refractivity contribution is 7.99. The predicted molar refractivity (Wildman–Crippen MR) is 88.6 cm³/mol. The summed E-state index contributed by atoms with van der Waals surface area (Å²) in [5, 5.41) is 3.66. The van der Waals surface area contributed by atoms with E-state index in [0.29, 0.717) is 18.5 Å². The highest BCUT2D eigenvalue weighted by Crippen LogP contribution is 2.20. The summed E-state index contributed by atoms with van der Waals surface area (Å²) < 4.78 is 12.9. The van der Waals surface area contributed by atoms with Crippen LogP contribution in [0.3, 0.4) is 0 Å². The van der Waals surface area contributed by atoms with Gasteiger partial charge >= 0.3 is 0 Å². The summed E-state index contributed by atoms with van der Waals surface area (Å²) >= 11 is 2.02. The number of benzene rings is 1. The number of likely N-dealkylation sites (tertiary alicyclic amines) is 1. The Morgan fingerprint density at radius 1 is 1.18 bits per heavy atom. The molecule has 2 saturated heterocycles. The third kappa shape index (κ3) is 4.23. The predicted octanol–water partition coefficient (Wildman–Crippen LogP) is 2.45. The molecule has 1 atom stereocenters. The number of carbonyl (C=O) groups excluding carboxylic acids is 1. The van der Waals surface area contributed by atoms with E-state index in [1.54, 1.807) is 12.1 Å². The number of thioether (sulfide) groups is 1. The third-order valence-electron chi connectivity index (χ3n) is 4.49.